The van der Waals surface area contributed by atoms with Gasteiger partial charge in [0.25, 0.3) is 5.91 Å². The van der Waals surface area contributed by atoms with E-state index in [2.05, 4.69) is 16.7 Å². The van der Waals surface area contributed by atoms with Gasteiger partial charge < -0.3 is 15.5 Å². The molecule has 0 aliphatic carbocycles. The number of carbonyl (C=O) groups excluding carboxylic acids is 2. The van der Waals surface area contributed by atoms with Crippen LogP contribution in [0.4, 0.5) is 0 Å². The van der Waals surface area contributed by atoms with Crippen LogP contribution in [0.15, 0.2) is 35.9 Å². The van der Waals surface area contributed by atoms with E-state index in [0.29, 0.717) is 30.2 Å². The molecule has 1 aromatic rings. The van der Waals surface area contributed by atoms with Crippen molar-refractivity contribution in [1.29, 1.82) is 0 Å². The van der Waals surface area contributed by atoms with Crippen molar-refractivity contribution in [3.05, 3.63) is 46.5 Å². The summed E-state index contributed by atoms with van der Waals surface area (Å²) in [5.74, 6) is -0.115. The van der Waals surface area contributed by atoms with E-state index in [-0.39, 0.29) is 17.7 Å². The highest BCUT2D eigenvalue weighted by Crippen LogP contribution is 2.20. The van der Waals surface area contributed by atoms with Crippen molar-refractivity contribution in [3.8, 4) is 0 Å². The number of nitrogens with zero attached hydrogens (tertiary/aromatic N) is 1. The monoisotopic (exact) mass is 361 g/mol. The second kappa shape index (κ2) is 8.50. The first-order chi connectivity index (χ1) is 12.1. The van der Waals surface area contributed by atoms with Crippen molar-refractivity contribution in [2.45, 2.75) is 19.3 Å². The fraction of sp³-hybridized carbons (Fsp3) is 0.474. The standard InChI is InChI=1S/C19H24ClN3O2/c20-17-5-3-15(4-6-17)19(25)23-11-1-2-16(13-23)18(24)22-12-14-7-9-21-10-8-14/h3-7,16,21H,1-2,8-13H2,(H,22,24). The first kappa shape index (κ1) is 18.0. The van der Waals surface area contributed by atoms with E-state index in [1.807, 2.05) is 0 Å². The van der Waals surface area contributed by atoms with Crippen LogP contribution < -0.4 is 10.6 Å². The predicted octanol–water partition coefficient (Wildman–Crippen LogP) is 2.23. The van der Waals surface area contributed by atoms with Crippen LogP contribution in [0, 0.1) is 5.92 Å². The van der Waals surface area contributed by atoms with Crippen LogP contribution in [-0.4, -0.2) is 49.4 Å². The second-order valence-corrected chi connectivity index (χ2v) is 7.07. The molecule has 0 spiro atoms. The molecule has 1 saturated heterocycles. The van der Waals surface area contributed by atoms with Crippen molar-refractivity contribution < 1.29 is 9.59 Å². The fourth-order valence-corrected chi connectivity index (χ4v) is 3.45. The van der Waals surface area contributed by atoms with Gasteiger partial charge in [0.05, 0.1) is 5.92 Å². The zero-order valence-electron chi connectivity index (χ0n) is 14.3. The molecule has 5 nitrogen and oxygen atoms in total. The molecule has 0 bridgehead atoms. The SMILES string of the molecule is O=C(NCC1=CCNCC1)C1CCCN(C(=O)c2ccc(Cl)cc2)C1. The zero-order valence-corrected chi connectivity index (χ0v) is 15.0. The van der Waals surface area contributed by atoms with E-state index in [0.717, 1.165) is 32.4 Å². The fourth-order valence-electron chi connectivity index (χ4n) is 3.33. The molecule has 25 heavy (non-hydrogen) atoms. The molecule has 3 rings (SSSR count). The van der Waals surface area contributed by atoms with Crippen molar-refractivity contribution in [2.75, 3.05) is 32.7 Å². The minimum atomic E-state index is -0.132. The van der Waals surface area contributed by atoms with Crippen LogP contribution in [0.2, 0.25) is 5.02 Å². The number of benzene rings is 1. The number of rotatable bonds is 4. The van der Waals surface area contributed by atoms with Gasteiger partial charge in [0.1, 0.15) is 0 Å². The van der Waals surface area contributed by atoms with E-state index >= 15 is 0 Å². The number of halogens is 1. The molecule has 2 aliphatic heterocycles. The van der Waals surface area contributed by atoms with Crippen LogP contribution >= 0.6 is 11.6 Å². The molecule has 134 valence electrons. The van der Waals surface area contributed by atoms with Crippen LogP contribution in [0.5, 0.6) is 0 Å². The van der Waals surface area contributed by atoms with E-state index in [1.54, 1.807) is 29.2 Å². The van der Waals surface area contributed by atoms with E-state index in [1.165, 1.54) is 5.57 Å². The minimum Gasteiger partial charge on any atom is -0.352 e. The van der Waals surface area contributed by atoms with Gasteiger partial charge in [0.15, 0.2) is 0 Å². The molecule has 1 atom stereocenters. The third-order valence-corrected chi connectivity index (χ3v) is 5.07. The molecular weight excluding hydrogens is 338 g/mol. The molecule has 1 fully saturated rings. The first-order valence-corrected chi connectivity index (χ1v) is 9.22. The number of nitrogens with one attached hydrogen (secondary N) is 2. The Bertz CT molecular complexity index is 657. The van der Waals surface area contributed by atoms with E-state index < -0.39 is 0 Å². The maximum absolute atomic E-state index is 12.6. The average molecular weight is 362 g/mol. The molecule has 2 amide bonds. The molecule has 1 aromatic carbocycles. The van der Waals surface area contributed by atoms with Crippen LogP contribution in [0.25, 0.3) is 0 Å². The lowest BCUT2D eigenvalue weighted by molar-refractivity contribution is -0.126. The number of hydrogen-bond donors (Lipinski definition) is 2. The smallest absolute Gasteiger partial charge is 0.253 e. The molecule has 0 aromatic heterocycles. The maximum atomic E-state index is 12.6. The Morgan fingerprint density at radius 1 is 1.28 bits per heavy atom. The third kappa shape index (κ3) is 4.83. The lowest BCUT2D eigenvalue weighted by atomic mass is 9.96. The molecule has 6 heteroatoms. The number of carbonyl (C=O) groups is 2. The highest BCUT2D eigenvalue weighted by molar-refractivity contribution is 6.30. The first-order valence-electron chi connectivity index (χ1n) is 8.84. The minimum absolute atomic E-state index is 0.0322. The summed E-state index contributed by atoms with van der Waals surface area (Å²) in [5, 5.41) is 6.91. The summed E-state index contributed by atoms with van der Waals surface area (Å²) >= 11 is 5.88. The third-order valence-electron chi connectivity index (χ3n) is 4.82. The Morgan fingerprint density at radius 3 is 2.80 bits per heavy atom. The Balaban J connectivity index is 1.54. The molecule has 2 N–H and O–H groups in total. The van der Waals surface area contributed by atoms with Crippen LogP contribution in [0.3, 0.4) is 0 Å². The molecule has 0 saturated carbocycles. The van der Waals surface area contributed by atoms with Gasteiger partial charge in [0, 0.05) is 36.8 Å². The normalized spacial score (nSPS) is 20.8. The van der Waals surface area contributed by atoms with Crippen molar-refractivity contribution >= 4 is 23.4 Å². The number of piperidine rings is 1. The van der Waals surface area contributed by atoms with Crippen molar-refractivity contribution in [2.24, 2.45) is 5.92 Å². The highest BCUT2D eigenvalue weighted by Gasteiger charge is 2.28. The van der Waals surface area contributed by atoms with Crippen molar-refractivity contribution in [1.82, 2.24) is 15.5 Å². The number of amides is 2. The molecule has 0 radical (unpaired) electrons. The lowest BCUT2D eigenvalue weighted by Crippen LogP contribution is -2.45. The van der Waals surface area contributed by atoms with E-state index in [4.69, 9.17) is 11.6 Å². The predicted molar refractivity (Wildman–Crippen MR) is 98.7 cm³/mol. The largest absolute Gasteiger partial charge is 0.352 e. The quantitative estimate of drug-likeness (QED) is 0.808. The molecule has 2 heterocycles. The number of likely N-dealkylation sites (tertiary alicyclic amines) is 1. The lowest BCUT2D eigenvalue weighted by Gasteiger charge is -2.32. The zero-order chi connectivity index (χ0) is 17.6. The van der Waals surface area contributed by atoms with Gasteiger partial charge in [-0.25, -0.2) is 0 Å². The summed E-state index contributed by atoms with van der Waals surface area (Å²) < 4.78 is 0. The number of hydrogen-bond acceptors (Lipinski definition) is 3. The summed E-state index contributed by atoms with van der Waals surface area (Å²) in [7, 11) is 0. The summed E-state index contributed by atoms with van der Waals surface area (Å²) in [4.78, 5) is 26.9. The van der Waals surface area contributed by atoms with Gasteiger partial charge in [-0.05, 0) is 50.1 Å². The average Bonchev–Trinajstić information content (AvgIpc) is 2.67. The summed E-state index contributed by atoms with van der Waals surface area (Å²) in [5.41, 5.74) is 1.89. The van der Waals surface area contributed by atoms with Gasteiger partial charge in [-0.3, -0.25) is 9.59 Å². The molecule has 2 aliphatic rings. The Kier molecular flexibility index (Phi) is 6.10. The van der Waals surface area contributed by atoms with Crippen LogP contribution in [-0.2, 0) is 4.79 Å². The Hall–Kier alpha value is -1.85. The molecule has 1 unspecified atom stereocenters. The van der Waals surface area contributed by atoms with Gasteiger partial charge in [-0.2, -0.15) is 0 Å². The summed E-state index contributed by atoms with van der Waals surface area (Å²) in [6, 6.07) is 6.90. The van der Waals surface area contributed by atoms with Gasteiger partial charge >= 0.3 is 0 Å². The summed E-state index contributed by atoms with van der Waals surface area (Å²) in [6.45, 7) is 3.63. The van der Waals surface area contributed by atoms with Gasteiger partial charge in [-0.1, -0.05) is 23.3 Å². The highest BCUT2D eigenvalue weighted by atomic mass is 35.5. The topological polar surface area (TPSA) is 61.4 Å². The van der Waals surface area contributed by atoms with E-state index in [9.17, 15) is 9.59 Å². The van der Waals surface area contributed by atoms with Gasteiger partial charge in [0.2, 0.25) is 5.91 Å². The molecular formula is C19H24ClN3O2. The Morgan fingerprint density at radius 2 is 2.08 bits per heavy atom. The second-order valence-electron chi connectivity index (χ2n) is 6.63. The van der Waals surface area contributed by atoms with Gasteiger partial charge in [-0.15, -0.1) is 0 Å². The van der Waals surface area contributed by atoms with Crippen molar-refractivity contribution in [3.63, 3.8) is 0 Å². The summed E-state index contributed by atoms with van der Waals surface area (Å²) in [6.07, 6.45) is 4.80. The Labute approximate surface area is 153 Å². The maximum Gasteiger partial charge on any atom is 0.253 e. The van der Waals surface area contributed by atoms with Crippen LogP contribution in [0.1, 0.15) is 29.6 Å².